The lowest BCUT2D eigenvalue weighted by molar-refractivity contribution is 0.417. The fourth-order valence-electron chi connectivity index (χ4n) is 2.10. The van der Waals surface area contributed by atoms with E-state index in [1.54, 1.807) is 24.8 Å². The van der Waals surface area contributed by atoms with Crippen molar-refractivity contribution in [2.24, 2.45) is 0 Å². The van der Waals surface area contributed by atoms with Crippen molar-refractivity contribution in [2.75, 3.05) is 12.4 Å². The molecule has 4 rings (SSSR count). The summed E-state index contributed by atoms with van der Waals surface area (Å²) in [6.45, 7) is 0. The van der Waals surface area contributed by atoms with Gasteiger partial charge in [-0.2, -0.15) is 0 Å². The number of aromatic nitrogens is 4. The highest BCUT2D eigenvalue weighted by molar-refractivity contribution is 8.01. The standard InChI is InChI=1S/C15H11N5OS3/c1-21-11-5-3-2-4-10(11)18-14-19-20-15(24-14)23-13-9-6-7-22-12(9)16-8-17-13/h2-8H,1H3,(H,18,19). The van der Waals surface area contributed by atoms with Crippen LogP contribution in [-0.4, -0.2) is 27.3 Å². The Morgan fingerprint density at radius 1 is 1.12 bits per heavy atom. The zero-order valence-electron chi connectivity index (χ0n) is 12.5. The highest BCUT2D eigenvalue weighted by Crippen LogP contribution is 2.36. The maximum atomic E-state index is 5.33. The van der Waals surface area contributed by atoms with Gasteiger partial charge < -0.3 is 10.1 Å². The molecule has 120 valence electrons. The molecule has 0 aliphatic carbocycles. The highest BCUT2D eigenvalue weighted by atomic mass is 32.2. The topological polar surface area (TPSA) is 72.8 Å². The largest absolute Gasteiger partial charge is 0.495 e. The first-order chi connectivity index (χ1) is 11.8. The van der Waals surface area contributed by atoms with Gasteiger partial charge in [0.05, 0.1) is 12.8 Å². The third-order valence-corrected chi connectivity index (χ3v) is 5.89. The number of fused-ring (bicyclic) bond motifs is 1. The smallest absolute Gasteiger partial charge is 0.211 e. The first kappa shape index (κ1) is 15.3. The van der Waals surface area contributed by atoms with E-state index in [0.717, 1.165) is 31.0 Å². The molecule has 0 fully saturated rings. The number of nitrogens with one attached hydrogen (secondary N) is 1. The number of para-hydroxylation sites is 2. The van der Waals surface area contributed by atoms with E-state index in [-0.39, 0.29) is 0 Å². The third kappa shape index (κ3) is 3.05. The summed E-state index contributed by atoms with van der Waals surface area (Å²) in [5.74, 6) is 0.762. The number of hydrogen-bond acceptors (Lipinski definition) is 9. The van der Waals surface area contributed by atoms with Gasteiger partial charge in [0, 0.05) is 5.39 Å². The zero-order chi connectivity index (χ0) is 16.4. The van der Waals surface area contributed by atoms with E-state index in [1.807, 2.05) is 35.7 Å². The second kappa shape index (κ2) is 6.71. The van der Waals surface area contributed by atoms with Crippen molar-refractivity contribution in [3.8, 4) is 5.75 Å². The van der Waals surface area contributed by atoms with Crippen LogP contribution in [0.5, 0.6) is 5.75 Å². The summed E-state index contributed by atoms with van der Waals surface area (Å²) in [4.78, 5) is 9.59. The summed E-state index contributed by atoms with van der Waals surface area (Å²) in [5.41, 5.74) is 0.856. The second-order valence-electron chi connectivity index (χ2n) is 4.62. The van der Waals surface area contributed by atoms with Crippen LogP contribution < -0.4 is 10.1 Å². The number of rotatable bonds is 5. The van der Waals surface area contributed by atoms with Gasteiger partial charge in [0.2, 0.25) is 5.13 Å². The molecule has 0 atom stereocenters. The number of hydrogen-bond donors (Lipinski definition) is 1. The molecule has 0 amide bonds. The van der Waals surface area contributed by atoms with Crippen molar-refractivity contribution < 1.29 is 4.74 Å². The van der Waals surface area contributed by atoms with E-state index in [9.17, 15) is 0 Å². The molecule has 4 aromatic rings. The first-order valence-corrected chi connectivity index (χ1v) is 9.44. The molecule has 9 heteroatoms. The molecule has 0 unspecified atom stereocenters. The Labute approximate surface area is 150 Å². The van der Waals surface area contributed by atoms with Gasteiger partial charge in [-0.3, -0.25) is 0 Å². The van der Waals surface area contributed by atoms with Crippen molar-refractivity contribution in [2.45, 2.75) is 9.37 Å². The van der Waals surface area contributed by atoms with Crippen LogP contribution in [0, 0.1) is 0 Å². The number of ether oxygens (including phenoxy) is 1. The zero-order valence-corrected chi connectivity index (χ0v) is 14.9. The van der Waals surface area contributed by atoms with Crippen LogP contribution in [0.15, 0.2) is 51.4 Å². The summed E-state index contributed by atoms with van der Waals surface area (Å²) in [5, 5.41) is 16.3. The SMILES string of the molecule is COc1ccccc1Nc1nnc(Sc2ncnc3sccc23)s1. The minimum Gasteiger partial charge on any atom is -0.495 e. The Kier molecular flexibility index (Phi) is 4.28. The number of thiophene rings is 1. The molecule has 3 aromatic heterocycles. The molecule has 24 heavy (non-hydrogen) atoms. The van der Waals surface area contributed by atoms with Gasteiger partial charge >= 0.3 is 0 Å². The van der Waals surface area contributed by atoms with Gasteiger partial charge in [-0.05, 0) is 35.3 Å². The number of anilines is 2. The fourth-order valence-corrected chi connectivity index (χ4v) is 4.64. The van der Waals surface area contributed by atoms with Gasteiger partial charge in [0.15, 0.2) is 4.34 Å². The monoisotopic (exact) mass is 373 g/mol. The Morgan fingerprint density at radius 2 is 2.04 bits per heavy atom. The fraction of sp³-hybridized carbons (Fsp3) is 0.0667. The molecule has 0 spiro atoms. The van der Waals surface area contributed by atoms with Crippen LogP contribution >= 0.6 is 34.4 Å². The van der Waals surface area contributed by atoms with Crippen molar-refractivity contribution in [3.05, 3.63) is 42.0 Å². The normalized spacial score (nSPS) is 10.9. The molecule has 0 saturated carbocycles. The molecule has 3 heterocycles. The summed E-state index contributed by atoms with van der Waals surface area (Å²) >= 11 is 4.56. The molecule has 0 saturated heterocycles. The summed E-state index contributed by atoms with van der Waals surface area (Å²) in [6.07, 6.45) is 1.58. The lowest BCUT2D eigenvalue weighted by atomic mass is 10.3. The van der Waals surface area contributed by atoms with Gasteiger partial charge in [-0.25, -0.2) is 9.97 Å². The van der Waals surface area contributed by atoms with Crippen molar-refractivity contribution >= 4 is 55.5 Å². The average Bonchev–Trinajstić information content (AvgIpc) is 3.25. The van der Waals surface area contributed by atoms with Crippen molar-refractivity contribution in [1.82, 2.24) is 20.2 Å². The predicted octanol–water partition coefficient (Wildman–Crippen LogP) is 4.45. The van der Waals surface area contributed by atoms with Gasteiger partial charge in [0.25, 0.3) is 0 Å². The molecule has 0 bridgehead atoms. The Balaban J connectivity index is 1.56. The van der Waals surface area contributed by atoms with Crippen LogP contribution in [-0.2, 0) is 0 Å². The van der Waals surface area contributed by atoms with E-state index >= 15 is 0 Å². The van der Waals surface area contributed by atoms with Crippen LogP contribution in [0.3, 0.4) is 0 Å². The molecule has 0 aliphatic rings. The molecule has 1 aromatic carbocycles. The maximum absolute atomic E-state index is 5.33. The van der Waals surface area contributed by atoms with Crippen LogP contribution in [0.4, 0.5) is 10.8 Å². The van der Waals surface area contributed by atoms with Gasteiger partial charge in [0.1, 0.15) is 21.9 Å². The van der Waals surface area contributed by atoms with E-state index in [1.165, 1.54) is 23.1 Å². The number of methoxy groups -OCH3 is 1. The van der Waals surface area contributed by atoms with Gasteiger partial charge in [-0.15, -0.1) is 21.5 Å². The maximum Gasteiger partial charge on any atom is 0.211 e. The molecular formula is C15H11N5OS3. The minimum atomic E-state index is 0.706. The van der Waals surface area contributed by atoms with Gasteiger partial charge in [-0.1, -0.05) is 23.5 Å². The van der Waals surface area contributed by atoms with E-state index in [2.05, 4.69) is 25.5 Å². The van der Waals surface area contributed by atoms with Crippen molar-refractivity contribution in [1.29, 1.82) is 0 Å². The first-order valence-electron chi connectivity index (χ1n) is 6.93. The van der Waals surface area contributed by atoms with Crippen LogP contribution in [0.25, 0.3) is 10.2 Å². The molecule has 6 nitrogen and oxygen atoms in total. The van der Waals surface area contributed by atoms with Crippen LogP contribution in [0.2, 0.25) is 0 Å². The minimum absolute atomic E-state index is 0.706. The molecule has 0 aliphatic heterocycles. The second-order valence-corrected chi connectivity index (χ2v) is 7.73. The Morgan fingerprint density at radius 3 is 2.96 bits per heavy atom. The average molecular weight is 373 g/mol. The van der Waals surface area contributed by atoms with Crippen molar-refractivity contribution in [3.63, 3.8) is 0 Å². The number of benzene rings is 1. The predicted molar refractivity (Wildman–Crippen MR) is 97.7 cm³/mol. The third-order valence-electron chi connectivity index (χ3n) is 3.16. The lowest BCUT2D eigenvalue weighted by Crippen LogP contribution is -1.93. The summed E-state index contributed by atoms with van der Waals surface area (Å²) < 4.78 is 6.15. The lowest BCUT2D eigenvalue weighted by Gasteiger charge is -2.07. The molecule has 0 radical (unpaired) electrons. The highest BCUT2D eigenvalue weighted by Gasteiger charge is 2.12. The Hall–Kier alpha value is -2.23. The molecule has 1 N–H and O–H groups in total. The van der Waals surface area contributed by atoms with E-state index < -0.39 is 0 Å². The Bertz CT molecular complexity index is 984. The van der Waals surface area contributed by atoms with Crippen LogP contribution in [0.1, 0.15) is 0 Å². The molecular weight excluding hydrogens is 362 g/mol. The van der Waals surface area contributed by atoms with E-state index in [4.69, 9.17) is 4.74 Å². The summed E-state index contributed by atoms with van der Waals surface area (Å²) in [6, 6.07) is 9.72. The number of nitrogens with zero attached hydrogens (tertiary/aromatic N) is 4. The summed E-state index contributed by atoms with van der Waals surface area (Å²) in [7, 11) is 1.64. The quantitative estimate of drug-likeness (QED) is 0.518. The van der Waals surface area contributed by atoms with E-state index in [0.29, 0.717) is 5.13 Å².